The predicted octanol–water partition coefficient (Wildman–Crippen LogP) is 4.20. The van der Waals surface area contributed by atoms with Crippen LogP contribution in [0.4, 0.5) is 5.69 Å². The van der Waals surface area contributed by atoms with Gasteiger partial charge >= 0.3 is 0 Å². The van der Waals surface area contributed by atoms with Crippen LogP contribution in [0.2, 0.25) is 0 Å². The average molecular weight is 345 g/mol. The van der Waals surface area contributed by atoms with Crippen LogP contribution in [0.3, 0.4) is 0 Å². The van der Waals surface area contributed by atoms with Gasteiger partial charge in [0.2, 0.25) is 5.91 Å². The van der Waals surface area contributed by atoms with Crippen molar-refractivity contribution < 1.29 is 9.59 Å². The van der Waals surface area contributed by atoms with E-state index in [-0.39, 0.29) is 11.7 Å². The monoisotopic (exact) mass is 345 g/mol. The SMILES string of the molecule is CCCc1ccc(-c2[nH]nc3c2C(=O)c2c(NC(C)=O)cccc2-3)cc1. The molecule has 4 rings (SSSR count). The molecule has 1 amide bonds. The molecule has 1 heterocycles. The molecule has 2 N–H and O–H groups in total. The normalized spacial score (nSPS) is 12.0. The number of aromatic nitrogens is 2. The number of nitrogens with one attached hydrogen (secondary N) is 2. The van der Waals surface area contributed by atoms with Crippen molar-refractivity contribution in [2.24, 2.45) is 0 Å². The van der Waals surface area contributed by atoms with Gasteiger partial charge in [0.05, 0.1) is 22.5 Å². The number of aryl methyl sites for hydroxylation is 1. The Balaban J connectivity index is 1.79. The summed E-state index contributed by atoms with van der Waals surface area (Å²) in [6.07, 6.45) is 2.13. The summed E-state index contributed by atoms with van der Waals surface area (Å²) in [6.45, 7) is 3.58. The van der Waals surface area contributed by atoms with E-state index in [0.717, 1.165) is 29.7 Å². The maximum absolute atomic E-state index is 13.1. The van der Waals surface area contributed by atoms with Crippen LogP contribution in [0.1, 0.15) is 41.8 Å². The molecule has 1 aliphatic rings. The van der Waals surface area contributed by atoms with Crippen LogP contribution in [-0.2, 0) is 11.2 Å². The molecule has 0 fully saturated rings. The molecular formula is C21H19N3O2. The van der Waals surface area contributed by atoms with Crippen LogP contribution < -0.4 is 5.32 Å². The highest BCUT2D eigenvalue weighted by Crippen LogP contribution is 2.42. The van der Waals surface area contributed by atoms with E-state index in [1.165, 1.54) is 12.5 Å². The molecule has 1 aromatic heterocycles. The Hall–Kier alpha value is -3.21. The molecule has 1 aliphatic carbocycles. The predicted molar refractivity (Wildman–Crippen MR) is 101 cm³/mol. The maximum atomic E-state index is 13.1. The van der Waals surface area contributed by atoms with E-state index >= 15 is 0 Å². The number of nitrogens with zero attached hydrogens (tertiary/aromatic N) is 1. The number of benzene rings is 2. The van der Waals surface area contributed by atoms with E-state index in [4.69, 9.17) is 0 Å². The smallest absolute Gasteiger partial charge is 0.221 e. The molecule has 5 heteroatoms. The molecule has 0 bridgehead atoms. The summed E-state index contributed by atoms with van der Waals surface area (Å²) < 4.78 is 0. The molecule has 0 saturated heterocycles. The minimum atomic E-state index is -0.205. The fraction of sp³-hybridized carbons (Fsp3) is 0.190. The van der Waals surface area contributed by atoms with Crippen molar-refractivity contribution in [3.8, 4) is 22.5 Å². The fourth-order valence-electron chi connectivity index (χ4n) is 3.51. The Kier molecular flexibility index (Phi) is 3.92. The third kappa shape index (κ3) is 2.52. The number of amides is 1. The molecule has 0 atom stereocenters. The first-order chi connectivity index (χ1) is 12.6. The van der Waals surface area contributed by atoms with Crippen LogP contribution in [0.15, 0.2) is 42.5 Å². The lowest BCUT2D eigenvalue weighted by molar-refractivity contribution is -0.114. The molecule has 3 aromatic rings. The molecule has 0 saturated carbocycles. The lowest BCUT2D eigenvalue weighted by atomic mass is 10.0. The first kappa shape index (κ1) is 16.3. The van der Waals surface area contributed by atoms with Crippen molar-refractivity contribution in [2.45, 2.75) is 26.7 Å². The number of carbonyl (C=O) groups excluding carboxylic acids is 2. The van der Waals surface area contributed by atoms with E-state index in [0.29, 0.717) is 22.5 Å². The molecule has 0 radical (unpaired) electrons. The number of hydrogen-bond acceptors (Lipinski definition) is 3. The Labute approximate surface area is 151 Å². The van der Waals surface area contributed by atoms with E-state index < -0.39 is 0 Å². The Morgan fingerprint density at radius 1 is 1.12 bits per heavy atom. The van der Waals surface area contributed by atoms with Crippen molar-refractivity contribution in [2.75, 3.05) is 5.32 Å². The second-order valence-corrected chi connectivity index (χ2v) is 6.51. The maximum Gasteiger partial charge on any atom is 0.221 e. The van der Waals surface area contributed by atoms with Crippen LogP contribution in [-0.4, -0.2) is 21.9 Å². The van der Waals surface area contributed by atoms with Crippen molar-refractivity contribution >= 4 is 17.4 Å². The zero-order valence-electron chi connectivity index (χ0n) is 14.7. The number of hydrogen-bond donors (Lipinski definition) is 2. The summed E-state index contributed by atoms with van der Waals surface area (Å²) in [5.41, 5.74) is 5.93. The first-order valence-corrected chi connectivity index (χ1v) is 8.73. The fourth-order valence-corrected chi connectivity index (χ4v) is 3.51. The minimum Gasteiger partial charge on any atom is -0.326 e. The summed E-state index contributed by atoms with van der Waals surface area (Å²) in [6, 6.07) is 13.6. The van der Waals surface area contributed by atoms with Crippen molar-refractivity contribution in [3.63, 3.8) is 0 Å². The quantitative estimate of drug-likeness (QED) is 0.582. The highest BCUT2D eigenvalue weighted by molar-refractivity contribution is 6.26. The van der Waals surface area contributed by atoms with Gasteiger partial charge in [-0.1, -0.05) is 49.7 Å². The molecule has 0 unspecified atom stereocenters. The van der Waals surface area contributed by atoms with Gasteiger partial charge in [0, 0.05) is 18.1 Å². The topological polar surface area (TPSA) is 74.8 Å². The van der Waals surface area contributed by atoms with Crippen molar-refractivity contribution in [1.29, 1.82) is 0 Å². The number of ketones is 1. The van der Waals surface area contributed by atoms with E-state index in [9.17, 15) is 9.59 Å². The van der Waals surface area contributed by atoms with Crippen molar-refractivity contribution in [3.05, 3.63) is 59.2 Å². The van der Waals surface area contributed by atoms with Crippen LogP contribution in [0.25, 0.3) is 22.5 Å². The number of rotatable bonds is 4. The molecule has 0 aliphatic heterocycles. The summed E-state index contributed by atoms with van der Waals surface area (Å²) in [4.78, 5) is 24.6. The molecule has 130 valence electrons. The Bertz CT molecular complexity index is 1020. The second-order valence-electron chi connectivity index (χ2n) is 6.51. The zero-order chi connectivity index (χ0) is 18.3. The van der Waals surface area contributed by atoms with Gasteiger partial charge in [0.25, 0.3) is 0 Å². The van der Waals surface area contributed by atoms with Gasteiger partial charge in [-0.15, -0.1) is 0 Å². The van der Waals surface area contributed by atoms with Gasteiger partial charge in [-0.3, -0.25) is 14.7 Å². The summed E-state index contributed by atoms with van der Waals surface area (Å²) in [7, 11) is 0. The van der Waals surface area contributed by atoms with Crippen LogP contribution >= 0.6 is 0 Å². The molecule has 0 spiro atoms. The van der Waals surface area contributed by atoms with Crippen LogP contribution in [0.5, 0.6) is 0 Å². The molecule has 26 heavy (non-hydrogen) atoms. The average Bonchev–Trinajstić information content (AvgIpc) is 3.17. The largest absolute Gasteiger partial charge is 0.326 e. The van der Waals surface area contributed by atoms with E-state index in [1.54, 1.807) is 6.07 Å². The molecule has 2 aromatic carbocycles. The van der Waals surface area contributed by atoms with Gasteiger partial charge in [0.1, 0.15) is 5.69 Å². The van der Waals surface area contributed by atoms with Crippen LogP contribution in [0, 0.1) is 0 Å². The lowest BCUT2D eigenvalue weighted by Gasteiger charge is -2.08. The second kappa shape index (κ2) is 6.26. The lowest BCUT2D eigenvalue weighted by Crippen LogP contribution is -2.10. The highest BCUT2D eigenvalue weighted by Gasteiger charge is 2.34. The first-order valence-electron chi connectivity index (χ1n) is 8.73. The third-order valence-electron chi connectivity index (χ3n) is 4.63. The van der Waals surface area contributed by atoms with E-state index in [1.807, 2.05) is 24.3 Å². The number of fused-ring (bicyclic) bond motifs is 3. The van der Waals surface area contributed by atoms with Gasteiger partial charge < -0.3 is 5.32 Å². The Morgan fingerprint density at radius 3 is 2.58 bits per heavy atom. The number of carbonyl (C=O) groups is 2. The Morgan fingerprint density at radius 2 is 1.88 bits per heavy atom. The van der Waals surface area contributed by atoms with Crippen molar-refractivity contribution in [1.82, 2.24) is 10.2 Å². The summed E-state index contributed by atoms with van der Waals surface area (Å²) in [5, 5.41) is 10.1. The zero-order valence-corrected chi connectivity index (χ0v) is 14.7. The van der Waals surface area contributed by atoms with Gasteiger partial charge in [-0.25, -0.2) is 0 Å². The van der Waals surface area contributed by atoms with Gasteiger partial charge in [0.15, 0.2) is 5.78 Å². The standard InChI is InChI=1S/C21H19N3O2/c1-3-5-13-8-10-14(11-9-13)19-18-20(24-23-19)15-6-4-7-16(22-12(2)25)17(15)21(18)26/h4,6-11H,3,5H2,1-2H3,(H,22,25)(H,23,24). The molecule has 5 nitrogen and oxygen atoms in total. The van der Waals surface area contributed by atoms with E-state index in [2.05, 4.69) is 34.6 Å². The summed E-state index contributed by atoms with van der Waals surface area (Å²) >= 11 is 0. The number of H-pyrrole nitrogens is 1. The summed E-state index contributed by atoms with van der Waals surface area (Å²) in [5.74, 6) is -0.315. The molecular weight excluding hydrogens is 326 g/mol. The number of aromatic amines is 1. The van der Waals surface area contributed by atoms with Gasteiger partial charge in [-0.2, -0.15) is 5.10 Å². The third-order valence-corrected chi connectivity index (χ3v) is 4.63. The van der Waals surface area contributed by atoms with Gasteiger partial charge in [-0.05, 0) is 18.1 Å². The number of anilines is 1. The minimum absolute atomic E-state index is 0.110. The highest BCUT2D eigenvalue weighted by atomic mass is 16.1.